The zero-order valence-electron chi connectivity index (χ0n) is 10.9. The molecule has 1 unspecified atom stereocenters. The van der Waals surface area contributed by atoms with Crippen molar-refractivity contribution in [2.75, 3.05) is 19.7 Å². The van der Waals surface area contributed by atoms with Crippen LogP contribution in [0, 0.1) is 10.1 Å². The SMILES string of the molecule is CCOc1cc(OC2CCCNC2)cc([N+](=O)[O-])c1. The Kier molecular flexibility index (Phi) is 4.57. The fraction of sp³-hybridized carbons (Fsp3) is 0.538. The van der Waals surface area contributed by atoms with Crippen LogP contribution in [0.3, 0.4) is 0 Å². The van der Waals surface area contributed by atoms with Gasteiger partial charge >= 0.3 is 0 Å². The first-order valence-electron chi connectivity index (χ1n) is 6.48. The minimum absolute atomic E-state index is 0.00952. The van der Waals surface area contributed by atoms with Crippen molar-refractivity contribution in [3.05, 3.63) is 28.3 Å². The quantitative estimate of drug-likeness (QED) is 0.652. The van der Waals surface area contributed by atoms with E-state index in [1.54, 1.807) is 6.07 Å². The van der Waals surface area contributed by atoms with E-state index >= 15 is 0 Å². The zero-order valence-corrected chi connectivity index (χ0v) is 10.9. The van der Waals surface area contributed by atoms with Crippen LogP contribution in [-0.4, -0.2) is 30.7 Å². The number of rotatable bonds is 5. The van der Waals surface area contributed by atoms with Gasteiger partial charge in [-0.05, 0) is 26.3 Å². The molecular weight excluding hydrogens is 248 g/mol. The molecule has 0 radical (unpaired) electrons. The molecule has 0 saturated carbocycles. The third kappa shape index (κ3) is 3.82. The van der Waals surface area contributed by atoms with E-state index < -0.39 is 4.92 Å². The molecule has 19 heavy (non-hydrogen) atoms. The van der Waals surface area contributed by atoms with Gasteiger partial charge in [-0.2, -0.15) is 0 Å². The van der Waals surface area contributed by atoms with E-state index in [0.29, 0.717) is 18.1 Å². The number of piperidine rings is 1. The summed E-state index contributed by atoms with van der Waals surface area (Å²) in [6.45, 7) is 4.07. The molecule has 0 aromatic heterocycles. The third-order valence-corrected chi connectivity index (χ3v) is 2.94. The Morgan fingerprint density at radius 2 is 2.21 bits per heavy atom. The summed E-state index contributed by atoms with van der Waals surface area (Å²) in [7, 11) is 0. The van der Waals surface area contributed by atoms with Crippen LogP contribution >= 0.6 is 0 Å². The first-order valence-corrected chi connectivity index (χ1v) is 6.48. The highest BCUT2D eigenvalue weighted by Crippen LogP contribution is 2.28. The highest BCUT2D eigenvalue weighted by molar-refractivity contribution is 5.46. The lowest BCUT2D eigenvalue weighted by Crippen LogP contribution is -2.37. The molecular formula is C13H18N2O4. The van der Waals surface area contributed by atoms with Gasteiger partial charge in [-0.25, -0.2) is 0 Å². The second-order valence-electron chi connectivity index (χ2n) is 4.44. The van der Waals surface area contributed by atoms with Crippen LogP contribution in [0.5, 0.6) is 11.5 Å². The molecule has 2 rings (SSSR count). The van der Waals surface area contributed by atoms with Crippen molar-refractivity contribution in [3.63, 3.8) is 0 Å². The number of hydrogen-bond donors (Lipinski definition) is 1. The maximum Gasteiger partial charge on any atom is 0.276 e. The summed E-state index contributed by atoms with van der Waals surface area (Å²) in [5.74, 6) is 0.960. The molecule has 0 aliphatic carbocycles. The predicted octanol–water partition coefficient (Wildman–Crippen LogP) is 2.12. The molecule has 6 nitrogen and oxygen atoms in total. The van der Waals surface area contributed by atoms with Crippen molar-refractivity contribution in [2.24, 2.45) is 0 Å². The van der Waals surface area contributed by atoms with Gasteiger partial charge in [-0.3, -0.25) is 10.1 Å². The Morgan fingerprint density at radius 3 is 2.84 bits per heavy atom. The molecule has 0 bridgehead atoms. The molecule has 1 atom stereocenters. The largest absolute Gasteiger partial charge is 0.493 e. The average molecular weight is 266 g/mol. The number of ether oxygens (including phenoxy) is 2. The van der Waals surface area contributed by atoms with E-state index in [9.17, 15) is 10.1 Å². The zero-order chi connectivity index (χ0) is 13.7. The Balaban J connectivity index is 2.15. The molecule has 1 N–H and O–H groups in total. The average Bonchev–Trinajstić information content (AvgIpc) is 2.40. The second-order valence-corrected chi connectivity index (χ2v) is 4.44. The highest BCUT2D eigenvalue weighted by atomic mass is 16.6. The second kappa shape index (κ2) is 6.38. The third-order valence-electron chi connectivity index (χ3n) is 2.94. The van der Waals surface area contributed by atoms with Crippen LogP contribution in [0.15, 0.2) is 18.2 Å². The van der Waals surface area contributed by atoms with Gasteiger partial charge in [0.2, 0.25) is 0 Å². The number of hydrogen-bond acceptors (Lipinski definition) is 5. The summed E-state index contributed by atoms with van der Waals surface area (Å²) in [6, 6.07) is 4.55. The van der Waals surface area contributed by atoms with Crippen LogP contribution in [-0.2, 0) is 0 Å². The number of benzene rings is 1. The van der Waals surface area contributed by atoms with Gasteiger partial charge in [0.25, 0.3) is 5.69 Å². The lowest BCUT2D eigenvalue weighted by Gasteiger charge is -2.24. The Morgan fingerprint density at radius 1 is 1.42 bits per heavy atom. The number of nitro benzene ring substituents is 1. The van der Waals surface area contributed by atoms with Gasteiger partial charge < -0.3 is 14.8 Å². The number of nitrogens with one attached hydrogen (secondary N) is 1. The van der Waals surface area contributed by atoms with Crippen molar-refractivity contribution in [1.82, 2.24) is 5.32 Å². The standard InChI is InChI=1S/C13H18N2O4/c1-2-18-12-6-10(15(16)17)7-13(8-12)19-11-4-3-5-14-9-11/h6-8,11,14H,2-5,9H2,1H3. The van der Waals surface area contributed by atoms with Crippen molar-refractivity contribution in [1.29, 1.82) is 0 Å². The molecule has 0 amide bonds. The minimum Gasteiger partial charge on any atom is -0.493 e. The fourth-order valence-electron chi connectivity index (χ4n) is 2.09. The van der Waals surface area contributed by atoms with E-state index in [1.807, 2.05) is 6.92 Å². The van der Waals surface area contributed by atoms with Crippen molar-refractivity contribution in [3.8, 4) is 11.5 Å². The molecule has 1 aliphatic heterocycles. The van der Waals surface area contributed by atoms with Crippen LogP contribution in [0.25, 0.3) is 0 Å². The van der Waals surface area contributed by atoms with Crippen LogP contribution in [0.2, 0.25) is 0 Å². The van der Waals surface area contributed by atoms with Crippen LogP contribution in [0.4, 0.5) is 5.69 Å². The summed E-state index contributed by atoms with van der Waals surface area (Å²) >= 11 is 0. The van der Waals surface area contributed by atoms with E-state index in [2.05, 4.69) is 5.32 Å². The van der Waals surface area contributed by atoms with Gasteiger partial charge in [0.05, 0.1) is 23.7 Å². The lowest BCUT2D eigenvalue weighted by molar-refractivity contribution is -0.385. The highest BCUT2D eigenvalue weighted by Gasteiger charge is 2.17. The summed E-state index contributed by atoms with van der Waals surface area (Å²) < 4.78 is 11.1. The van der Waals surface area contributed by atoms with Crippen molar-refractivity contribution in [2.45, 2.75) is 25.9 Å². The summed E-state index contributed by atoms with van der Waals surface area (Å²) in [6.07, 6.45) is 2.07. The Hall–Kier alpha value is -1.82. The molecule has 104 valence electrons. The molecule has 1 heterocycles. The van der Waals surface area contributed by atoms with Gasteiger partial charge in [0.15, 0.2) is 0 Å². The van der Waals surface area contributed by atoms with Gasteiger partial charge in [-0.15, -0.1) is 0 Å². The number of non-ortho nitro benzene ring substituents is 1. The Bertz CT molecular complexity index is 444. The fourth-order valence-corrected chi connectivity index (χ4v) is 2.09. The summed E-state index contributed by atoms with van der Waals surface area (Å²) in [5.41, 5.74) is -0.00952. The Labute approximate surface area is 111 Å². The molecule has 1 aliphatic rings. The van der Waals surface area contributed by atoms with Gasteiger partial charge in [0.1, 0.15) is 17.6 Å². The first-order chi connectivity index (χ1) is 9.19. The molecule has 1 saturated heterocycles. The maximum atomic E-state index is 10.9. The summed E-state index contributed by atoms with van der Waals surface area (Å²) in [5, 5.41) is 14.1. The molecule has 0 spiro atoms. The molecule has 6 heteroatoms. The topological polar surface area (TPSA) is 73.6 Å². The maximum absolute atomic E-state index is 10.9. The van der Waals surface area contributed by atoms with E-state index in [1.165, 1.54) is 12.1 Å². The molecule has 1 aromatic rings. The minimum atomic E-state index is -0.436. The van der Waals surface area contributed by atoms with Gasteiger partial charge in [0, 0.05) is 12.6 Å². The van der Waals surface area contributed by atoms with E-state index in [-0.39, 0.29) is 11.8 Å². The number of nitrogens with zero attached hydrogens (tertiary/aromatic N) is 1. The smallest absolute Gasteiger partial charge is 0.276 e. The normalized spacial score (nSPS) is 18.9. The van der Waals surface area contributed by atoms with E-state index in [0.717, 1.165) is 25.9 Å². The van der Waals surface area contributed by atoms with E-state index in [4.69, 9.17) is 9.47 Å². The van der Waals surface area contributed by atoms with Crippen molar-refractivity contribution >= 4 is 5.69 Å². The van der Waals surface area contributed by atoms with Crippen LogP contribution in [0.1, 0.15) is 19.8 Å². The molecule has 1 aromatic carbocycles. The first kappa shape index (κ1) is 13.6. The van der Waals surface area contributed by atoms with Gasteiger partial charge in [-0.1, -0.05) is 0 Å². The predicted molar refractivity (Wildman–Crippen MR) is 70.8 cm³/mol. The lowest BCUT2D eigenvalue weighted by atomic mass is 10.1. The van der Waals surface area contributed by atoms with Crippen LogP contribution < -0.4 is 14.8 Å². The number of nitro groups is 1. The van der Waals surface area contributed by atoms with Crippen molar-refractivity contribution < 1.29 is 14.4 Å². The molecule has 1 fully saturated rings. The summed E-state index contributed by atoms with van der Waals surface area (Å²) in [4.78, 5) is 10.4. The monoisotopic (exact) mass is 266 g/mol.